The predicted octanol–water partition coefficient (Wildman–Crippen LogP) is 0.930. The Hall–Kier alpha value is -1.12. The minimum atomic E-state index is 0.495. The van der Waals surface area contributed by atoms with Gasteiger partial charge in [0.25, 0.3) is 0 Å². The third kappa shape index (κ3) is 1.23. The van der Waals surface area contributed by atoms with Crippen LogP contribution in [-0.2, 0) is 6.42 Å². The van der Waals surface area contributed by atoms with Crippen molar-refractivity contribution in [1.29, 1.82) is 0 Å². The van der Waals surface area contributed by atoms with E-state index in [0.717, 1.165) is 17.8 Å². The van der Waals surface area contributed by atoms with Gasteiger partial charge in [-0.3, -0.25) is 4.98 Å². The molecule has 1 heterocycles. The van der Waals surface area contributed by atoms with Gasteiger partial charge in [-0.15, -0.1) is 0 Å². The minimum absolute atomic E-state index is 0.495. The molecule has 0 aromatic carbocycles. The second-order valence-corrected chi connectivity index (χ2v) is 2.18. The van der Waals surface area contributed by atoms with E-state index in [2.05, 4.69) is 9.97 Å². The van der Waals surface area contributed by atoms with Gasteiger partial charge < -0.3 is 5.73 Å². The Morgan fingerprint density at radius 3 is 2.80 bits per heavy atom. The van der Waals surface area contributed by atoms with Gasteiger partial charge in [0, 0.05) is 0 Å². The molecule has 3 nitrogen and oxygen atoms in total. The number of nitrogen functional groups attached to an aromatic ring is 1. The Morgan fingerprint density at radius 2 is 2.30 bits per heavy atom. The van der Waals surface area contributed by atoms with Crippen LogP contribution in [0.3, 0.4) is 0 Å². The second-order valence-electron chi connectivity index (χ2n) is 2.18. The lowest BCUT2D eigenvalue weighted by Gasteiger charge is -1.99. The summed E-state index contributed by atoms with van der Waals surface area (Å²) in [4.78, 5) is 8.17. The number of hydrogen-bond acceptors (Lipinski definition) is 3. The molecule has 1 aromatic heterocycles. The topological polar surface area (TPSA) is 51.8 Å². The largest absolute Gasteiger partial charge is 0.382 e. The number of nitrogens with zero attached hydrogens (tertiary/aromatic N) is 2. The molecule has 3 heteroatoms. The first-order valence-corrected chi connectivity index (χ1v) is 3.32. The fraction of sp³-hybridized carbons (Fsp3) is 0.429. The van der Waals surface area contributed by atoms with Gasteiger partial charge in [-0.25, -0.2) is 4.98 Å². The number of aryl methyl sites for hydroxylation is 2. The molecule has 0 aliphatic heterocycles. The van der Waals surface area contributed by atoms with Gasteiger partial charge in [0.15, 0.2) is 0 Å². The monoisotopic (exact) mass is 137 g/mol. The van der Waals surface area contributed by atoms with Crippen LogP contribution in [0.5, 0.6) is 0 Å². The molecule has 1 aromatic rings. The normalized spacial score (nSPS) is 9.80. The van der Waals surface area contributed by atoms with Gasteiger partial charge in [-0.2, -0.15) is 0 Å². The Labute approximate surface area is 60.3 Å². The molecule has 0 aliphatic carbocycles. The fourth-order valence-corrected chi connectivity index (χ4v) is 0.872. The lowest BCUT2D eigenvalue weighted by molar-refractivity contribution is 0.963. The van der Waals surface area contributed by atoms with E-state index in [1.807, 2.05) is 13.8 Å². The zero-order chi connectivity index (χ0) is 7.56. The van der Waals surface area contributed by atoms with Crippen molar-refractivity contribution in [3.05, 3.63) is 17.6 Å². The van der Waals surface area contributed by atoms with Crippen LogP contribution in [0.4, 0.5) is 5.82 Å². The average Bonchev–Trinajstić information content (AvgIpc) is 1.88. The van der Waals surface area contributed by atoms with E-state index in [1.54, 1.807) is 6.20 Å². The number of hydrogen-bond donors (Lipinski definition) is 1. The quantitative estimate of drug-likeness (QED) is 0.626. The Morgan fingerprint density at radius 1 is 1.60 bits per heavy atom. The first-order chi connectivity index (χ1) is 4.74. The average molecular weight is 137 g/mol. The molecule has 0 saturated carbocycles. The summed E-state index contributed by atoms with van der Waals surface area (Å²) < 4.78 is 0. The standard InChI is InChI=1S/C7H11N3/c1-3-6-5(2)10-7(8)4-9-6/h4H,3H2,1-2H3,(H2,8,10). The summed E-state index contributed by atoms with van der Waals surface area (Å²) in [6, 6.07) is 0. The maximum absolute atomic E-state index is 5.41. The summed E-state index contributed by atoms with van der Waals surface area (Å²) in [7, 11) is 0. The van der Waals surface area contributed by atoms with Crippen LogP contribution in [0.15, 0.2) is 6.20 Å². The zero-order valence-electron chi connectivity index (χ0n) is 6.26. The number of anilines is 1. The van der Waals surface area contributed by atoms with E-state index in [9.17, 15) is 0 Å². The molecule has 0 fully saturated rings. The molecule has 54 valence electrons. The van der Waals surface area contributed by atoms with E-state index in [0.29, 0.717) is 5.82 Å². The molecule has 10 heavy (non-hydrogen) atoms. The molecule has 0 saturated heterocycles. The highest BCUT2D eigenvalue weighted by Crippen LogP contribution is 2.03. The second kappa shape index (κ2) is 2.64. The van der Waals surface area contributed by atoms with Gasteiger partial charge >= 0.3 is 0 Å². The maximum Gasteiger partial charge on any atom is 0.142 e. The maximum atomic E-state index is 5.41. The SMILES string of the molecule is CCc1ncc(N)nc1C. The first-order valence-electron chi connectivity index (χ1n) is 3.32. The summed E-state index contributed by atoms with van der Waals surface area (Å²) in [6.07, 6.45) is 2.50. The van der Waals surface area contributed by atoms with Gasteiger partial charge in [0.2, 0.25) is 0 Å². The smallest absolute Gasteiger partial charge is 0.142 e. The van der Waals surface area contributed by atoms with Crippen LogP contribution < -0.4 is 5.73 Å². The summed E-state index contributed by atoms with van der Waals surface area (Å²) in [5.41, 5.74) is 7.36. The van der Waals surface area contributed by atoms with E-state index >= 15 is 0 Å². The first kappa shape index (κ1) is 6.99. The molecule has 0 amide bonds. The van der Waals surface area contributed by atoms with Gasteiger partial charge in [-0.1, -0.05) is 6.92 Å². The molecule has 0 unspecified atom stereocenters. The minimum Gasteiger partial charge on any atom is -0.382 e. The molecular weight excluding hydrogens is 126 g/mol. The van der Waals surface area contributed by atoms with Crippen molar-refractivity contribution < 1.29 is 0 Å². The third-order valence-electron chi connectivity index (χ3n) is 1.40. The van der Waals surface area contributed by atoms with Gasteiger partial charge in [0.1, 0.15) is 5.82 Å². The van der Waals surface area contributed by atoms with E-state index < -0.39 is 0 Å². The number of rotatable bonds is 1. The van der Waals surface area contributed by atoms with Gasteiger partial charge in [-0.05, 0) is 13.3 Å². The summed E-state index contributed by atoms with van der Waals surface area (Å²) in [5.74, 6) is 0.495. The Kier molecular flexibility index (Phi) is 1.85. The fourth-order valence-electron chi connectivity index (χ4n) is 0.872. The van der Waals surface area contributed by atoms with Crippen LogP contribution in [0.2, 0.25) is 0 Å². The third-order valence-corrected chi connectivity index (χ3v) is 1.40. The predicted molar refractivity (Wildman–Crippen MR) is 40.6 cm³/mol. The van der Waals surface area contributed by atoms with Crippen molar-refractivity contribution in [3.8, 4) is 0 Å². The summed E-state index contributed by atoms with van der Waals surface area (Å²) in [5, 5.41) is 0. The van der Waals surface area contributed by atoms with Crippen molar-refractivity contribution >= 4 is 5.82 Å². The van der Waals surface area contributed by atoms with Crippen LogP contribution in [-0.4, -0.2) is 9.97 Å². The Bertz CT molecular complexity index is 232. The van der Waals surface area contributed by atoms with Crippen molar-refractivity contribution in [2.45, 2.75) is 20.3 Å². The summed E-state index contributed by atoms with van der Waals surface area (Å²) >= 11 is 0. The zero-order valence-corrected chi connectivity index (χ0v) is 6.26. The molecule has 0 atom stereocenters. The molecule has 1 rings (SSSR count). The van der Waals surface area contributed by atoms with Crippen LogP contribution in [0.1, 0.15) is 18.3 Å². The van der Waals surface area contributed by atoms with Crippen molar-refractivity contribution in [2.24, 2.45) is 0 Å². The van der Waals surface area contributed by atoms with E-state index in [4.69, 9.17) is 5.73 Å². The number of aromatic nitrogens is 2. The van der Waals surface area contributed by atoms with Crippen LogP contribution in [0.25, 0.3) is 0 Å². The van der Waals surface area contributed by atoms with E-state index in [-0.39, 0.29) is 0 Å². The molecule has 0 radical (unpaired) electrons. The molecule has 0 aliphatic rings. The van der Waals surface area contributed by atoms with Crippen molar-refractivity contribution in [1.82, 2.24) is 9.97 Å². The van der Waals surface area contributed by atoms with Crippen molar-refractivity contribution in [3.63, 3.8) is 0 Å². The molecule has 0 bridgehead atoms. The molecule has 2 N–H and O–H groups in total. The van der Waals surface area contributed by atoms with Crippen LogP contribution >= 0.6 is 0 Å². The highest BCUT2D eigenvalue weighted by atomic mass is 14.9. The lowest BCUT2D eigenvalue weighted by Crippen LogP contribution is -1.99. The van der Waals surface area contributed by atoms with Crippen LogP contribution in [0, 0.1) is 6.92 Å². The number of nitrogens with two attached hydrogens (primary N) is 1. The van der Waals surface area contributed by atoms with Gasteiger partial charge in [0.05, 0.1) is 17.6 Å². The van der Waals surface area contributed by atoms with E-state index in [1.165, 1.54) is 0 Å². The lowest BCUT2D eigenvalue weighted by atomic mass is 10.3. The summed E-state index contributed by atoms with van der Waals surface area (Å²) in [6.45, 7) is 3.97. The molecular formula is C7H11N3. The van der Waals surface area contributed by atoms with Crippen molar-refractivity contribution in [2.75, 3.05) is 5.73 Å². The molecule has 0 spiro atoms. The Balaban J connectivity index is 3.07. The highest BCUT2D eigenvalue weighted by Gasteiger charge is 1.97. The highest BCUT2D eigenvalue weighted by molar-refractivity contribution is 5.26.